The van der Waals surface area contributed by atoms with Gasteiger partial charge < -0.3 is 14.8 Å². The molecule has 0 atom stereocenters. The lowest BCUT2D eigenvalue weighted by Gasteiger charge is -2.12. The molecule has 2 aromatic carbocycles. The first-order valence-corrected chi connectivity index (χ1v) is 12.5. The monoisotopic (exact) mass is 485 g/mol. The van der Waals surface area contributed by atoms with Gasteiger partial charge in [0.05, 0.1) is 24.7 Å². The molecule has 8 nitrogen and oxygen atoms in total. The summed E-state index contributed by atoms with van der Waals surface area (Å²) in [6.07, 6.45) is 3.63. The Balaban J connectivity index is 1.40. The second-order valence-electron chi connectivity index (χ2n) is 7.38. The van der Waals surface area contributed by atoms with E-state index in [0.717, 1.165) is 22.8 Å². The molecule has 4 rings (SSSR count). The summed E-state index contributed by atoms with van der Waals surface area (Å²) in [5.74, 6) is 0.673. The van der Waals surface area contributed by atoms with E-state index in [1.807, 2.05) is 0 Å². The number of carbonyl (C=O) groups excluding carboxylic acids is 1. The molecule has 1 aromatic heterocycles. The molecule has 1 heterocycles. The maximum atomic E-state index is 12.7. The predicted octanol–water partition coefficient (Wildman–Crippen LogP) is 3.94. The fourth-order valence-corrected chi connectivity index (χ4v) is 4.81. The summed E-state index contributed by atoms with van der Waals surface area (Å²) in [6.45, 7) is 0. The van der Waals surface area contributed by atoms with Crippen LogP contribution in [0.2, 0.25) is 0 Å². The van der Waals surface area contributed by atoms with Gasteiger partial charge in [-0.15, -0.1) is 0 Å². The number of benzene rings is 2. The van der Waals surface area contributed by atoms with E-state index in [4.69, 9.17) is 9.47 Å². The van der Waals surface area contributed by atoms with Crippen molar-refractivity contribution in [1.29, 1.82) is 0 Å². The molecule has 1 aliphatic rings. The third-order valence-electron chi connectivity index (χ3n) is 4.91. The van der Waals surface area contributed by atoms with E-state index < -0.39 is 10.0 Å². The molecule has 0 saturated heterocycles. The molecular weight excluding hydrogens is 462 g/mol. The van der Waals surface area contributed by atoms with Crippen LogP contribution in [0.25, 0.3) is 0 Å². The van der Waals surface area contributed by atoms with Gasteiger partial charge in [-0.1, -0.05) is 11.8 Å². The number of aromatic nitrogens is 1. The van der Waals surface area contributed by atoms with Crippen LogP contribution in [-0.4, -0.2) is 39.6 Å². The third kappa shape index (κ3) is 5.77. The quantitative estimate of drug-likeness (QED) is 0.473. The number of anilines is 1. The van der Waals surface area contributed by atoms with Gasteiger partial charge in [0.1, 0.15) is 5.03 Å². The second kappa shape index (κ2) is 9.72. The number of pyridine rings is 1. The molecule has 2 N–H and O–H groups in total. The lowest BCUT2D eigenvalue weighted by atomic mass is 10.3. The number of hydrogen-bond acceptors (Lipinski definition) is 7. The number of methoxy groups -OCH3 is 2. The summed E-state index contributed by atoms with van der Waals surface area (Å²) < 4.78 is 38.4. The first-order chi connectivity index (χ1) is 15.9. The Morgan fingerprint density at radius 3 is 2.33 bits per heavy atom. The molecule has 1 saturated carbocycles. The van der Waals surface area contributed by atoms with Crippen molar-refractivity contribution in [2.75, 3.05) is 18.9 Å². The first-order valence-electron chi connectivity index (χ1n) is 10.2. The number of rotatable bonds is 9. The Morgan fingerprint density at radius 2 is 1.73 bits per heavy atom. The molecule has 0 unspecified atom stereocenters. The highest BCUT2D eigenvalue weighted by molar-refractivity contribution is 7.99. The highest BCUT2D eigenvalue weighted by Gasteiger charge is 2.24. The van der Waals surface area contributed by atoms with Crippen LogP contribution in [0.4, 0.5) is 5.69 Å². The molecule has 10 heteroatoms. The first kappa shape index (κ1) is 22.9. The van der Waals surface area contributed by atoms with Gasteiger partial charge in [0.25, 0.3) is 15.9 Å². The van der Waals surface area contributed by atoms with Crippen LogP contribution < -0.4 is 19.5 Å². The molecular formula is C23H23N3O5S2. The molecule has 0 radical (unpaired) electrons. The van der Waals surface area contributed by atoms with Crippen LogP contribution in [-0.2, 0) is 10.0 Å². The third-order valence-corrected chi connectivity index (χ3v) is 7.24. The fraction of sp³-hybridized carbons (Fsp3) is 0.217. The van der Waals surface area contributed by atoms with E-state index in [0.29, 0.717) is 28.8 Å². The summed E-state index contributed by atoms with van der Waals surface area (Å²) in [6, 6.07) is 15.2. The Labute approximate surface area is 196 Å². The molecule has 0 spiro atoms. The molecule has 172 valence electrons. The molecule has 1 fully saturated rings. The fourth-order valence-electron chi connectivity index (χ4n) is 2.98. The summed E-state index contributed by atoms with van der Waals surface area (Å²) >= 11 is 1.42. The summed E-state index contributed by atoms with van der Waals surface area (Å²) in [4.78, 5) is 17.3. The van der Waals surface area contributed by atoms with Gasteiger partial charge in [-0.2, -0.15) is 0 Å². The number of amides is 1. The molecule has 1 amide bonds. The van der Waals surface area contributed by atoms with Gasteiger partial charge in [-0.25, -0.2) is 13.4 Å². The van der Waals surface area contributed by atoms with E-state index in [1.54, 1.807) is 48.7 Å². The Hall–Kier alpha value is -3.24. The number of carbonyl (C=O) groups is 1. The second-order valence-corrected chi connectivity index (χ2v) is 10.2. The molecule has 1 aliphatic carbocycles. The minimum atomic E-state index is -3.80. The van der Waals surface area contributed by atoms with Gasteiger partial charge >= 0.3 is 0 Å². The SMILES string of the molecule is COc1ccc(S(=O)(=O)Nc2ccc(Sc3ccc(C(=O)NC4CC4)cn3)cc2)cc1OC. The Morgan fingerprint density at radius 1 is 1.00 bits per heavy atom. The van der Waals surface area contributed by atoms with Crippen LogP contribution in [0.15, 0.2) is 75.6 Å². The Bertz CT molecular complexity index is 1240. The van der Waals surface area contributed by atoms with Crippen LogP contribution in [0.1, 0.15) is 23.2 Å². The van der Waals surface area contributed by atoms with E-state index in [1.165, 1.54) is 38.1 Å². The lowest BCUT2D eigenvalue weighted by molar-refractivity contribution is 0.0950. The van der Waals surface area contributed by atoms with E-state index >= 15 is 0 Å². The maximum Gasteiger partial charge on any atom is 0.262 e. The predicted molar refractivity (Wildman–Crippen MR) is 126 cm³/mol. The number of ether oxygens (including phenoxy) is 2. The normalized spacial score (nSPS) is 13.3. The van der Waals surface area contributed by atoms with Crippen LogP contribution >= 0.6 is 11.8 Å². The van der Waals surface area contributed by atoms with Crippen molar-refractivity contribution in [3.63, 3.8) is 0 Å². The Kier molecular flexibility index (Phi) is 6.75. The molecule has 33 heavy (non-hydrogen) atoms. The van der Waals surface area contributed by atoms with Crippen molar-refractivity contribution in [2.24, 2.45) is 0 Å². The van der Waals surface area contributed by atoms with Gasteiger partial charge in [-0.05, 0) is 61.4 Å². The minimum absolute atomic E-state index is 0.0635. The van der Waals surface area contributed by atoms with Crippen molar-refractivity contribution >= 4 is 33.4 Å². The van der Waals surface area contributed by atoms with Crippen molar-refractivity contribution < 1.29 is 22.7 Å². The smallest absolute Gasteiger partial charge is 0.262 e. The molecule has 3 aromatic rings. The van der Waals surface area contributed by atoms with E-state index in [9.17, 15) is 13.2 Å². The van der Waals surface area contributed by atoms with Crippen molar-refractivity contribution in [3.05, 3.63) is 66.4 Å². The molecule has 0 bridgehead atoms. The standard InChI is InChI=1S/C23H23N3O5S2/c1-30-20-11-10-19(13-21(20)31-2)33(28,29)26-17-6-8-18(9-7-17)32-22-12-3-15(14-24-22)23(27)25-16-4-5-16/h3,6-14,16,26H,4-5H2,1-2H3,(H,25,27). The van der Waals surface area contributed by atoms with E-state index in [-0.39, 0.29) is 10.8 Å². The zero-order valence-corrected chi connectivity index (χ0v) is 19.7. The van der Waals surface area contributed by atoms with Gasteiger partial charge in [0.2, 0.25) is 0 Å². The van der Waals surface area contributed by atoms with Crippen LogP contribution in [0, 0.1) is 0 Å². The van der Waals surface area contributed by atoms with Crippen LogP contribution in [0.3, 0.4) is 0 Å². The minimum Gasteiger partial charge on any atom is -0.493 e. The zero-order valence-electron chi connectivity index (χ0n) is 18.1. The number of nitrogens with one attached hydrogen (secondary N) is 2. The average molecular weight is 486 g/mol. The van der Waals surface area contributed by atoms with E-state index in [2.05, 4.69) is 15.0 Å². The summed E-state index contributed by atoms with van der Waals surface area (Å²) in [7, 11) is -0.869. The van der Waals surface area contributed by atoms with Gasteiger partial charge in [0, 0.05) is 28.9 Å². The zero-order chi connectivity index (χ0) is 23.4. The highest BCUT2D eigenvalue weighted by Crippen LogP contribution is 2.31. The van der Waals surface area contributed by atoms with Crippen LogP contribution in [0.5, 0.6) is 11.5 Å². The average Bonchev–Trinajstić information content (AvgIpc) is 3.64. The summed E-state index contributed by atoms with van der Waals surface area (Å²) in [5, 5.41) is 3.67. The van der Waals surface area contributed by atoms with Crippen molar-refractivity contribution in [2.45, 2.75) is 33.7 Å². The topological polar surface area (TPSA) is 107 Å². The van der Waals surface area contributed by atoms with Gasteiger partial charge in [0.15, 0.2) is 11.5 Å². The van der Waals surface area contributed by atoms with Crippen molar-refractivity contribution in [1.82, 2.24) is 10.3 Å². The van der Waals surface area contributed by atoms with Crippen molar-refractivity contribution in [3.8, 4) is 11.5 Å². The number of sulfonamides is 1. The largest absolute Gasteiger partial charge is 0.493 e. The number of nitrogens with zero attached hydrogens (tertiary/aromatic N) is 1. The number of hydrogen-bond donors (Lipinski definition) is 2. The van der Waals surface area contributed by atoms with Gasteiger partial charge in [-0.3, -0.25) is 9.52 Å². The lowest BCUT2D eigenvalue weighted by Crippen LogP contribution is -2.25. The molecule has 0 aliphatic heterocycles. The summed E-state index contributed by atoms with van der Waals surface area (Å²) in [5.41, 5.74) is 0.959. The highest BCUT2D eigenvalue weighted by atomic mass is 32.2. The maximum absolute atomic E-state index is 12.7.